The van der Waals surface area contributed by atoms with Crippen molar-refractivity contribution in [3.05, 3.63) is 53.2 Å². The van der Waals surface area contributed by atoms with Crippen LogP contribution in [-0.2, 0) is 4.79 Å². The molecule has 6 nitrogen and oxygen atoms in total. The molecular formula is C16H17ClN4O2. The van der Waals surface area contributed by atoms with E-state index in [0.29, 0.717) is 16.5 Å². The SMILES string of the molecule is Cc1c(Cl)cccc1NC(=O)CCNC(=O)Nc1ccccn1. The first kappa shape index (κ1) is 16.8. The lowest BCUT2D eigenvalue weighted by molar-refractivity contribution is -0.116. The van der Waals surface area contributed by atoms with Crippen LogP contribution in [0.2, 0.25) is 5.02 Å². The minimum atomic E-state index is -0.407. The highest BCUT2D eigenvalue weighted by Gasteiger charge is 2.08. The van der Waals surface area contributed by atoms with E-state index in [0.717, 1.165) is 5.56 Å². The predicted octanol–water partition coefficient (Wildman–Crippen LogP) is 3.19. The van der Waals surface area contributed by atoms with E-state index in [1.165, 1.54) is 0 Å². The normalized spacial score (nSPS) is 10.0. The molecule has 1 heterocycles. The molecule has 0 atom stereocenters. The molecular weight excluding hydrogens is 316 g/mol. The summed E-state index contributed by atoms with van der Waals surface area (Å²) in [6.07, 6.45) is 1.73. The lowest BCUT2D eigenvalue weighted by Crippen LogP contribution is -2.31. The van der Waals surface area contributed by atoms with Gasteiger partial charge in [-0.2, -0.15) is 0 Å². The number of halogens is 1. The topological polar surface area (TPSA) is 83.1 Å². The van der Waals surface area contributed by atoms with E-state index in [-0.39, 0.29) is 18.9 Å². The summed E-state index contributed by atoms with van der Waals surface area (Å²) in [5, 5.41) is 8.53. The van der Waals surface area contributed by atoms with E-state index in [1.807, 2.05) is 6.92 Å². The average molecular weight is 333 g/mol. The maximum atomic E-state index is 11.9. The Morgan fingerprint density at radius 3 is 2.70 bits per heavy atom. The van der Waals surface area contributed by atoms with Gasteiger partial charge in [-0.1, -0.05) is 23.7 Å². The number of carbonyl (C=O) groups is 2. The number of hydrogen-bond donors (Lipinski definition) is 3. The number of nitrogens with one attached hydrogen (secondary N) is 3. The molecule has 1 aromatic heterocycles. The quantitative estimate of drug-likeness (QED) is 0.786. The van der Waals surface area contributed by atoms with E-state index in [2.05, 4.69) is 20.9 Å². The number of aromatic nitrogens is 1. The van der Waals surface area contributed by atoms with Crippen LogP contribution >= 0.6 is 11.6 Å². The summed E-state index contributed by atoms with van der Waals surface area (Å²) in [5.41, 5.74) is 1.48. The predicted molar refractivity (Wildman–Crippen MR) is 90.7 cm³/mol. The monoisotopic (exact) mass is 332 g/mol. The van der Waals surface area contributed by atoms with E-state index in [4.69, 9.17) is 11.6 Å². The zero-order valence-corrected chi connectivity index (χ0v) is 13.4. The van der Waals surface area contributed by atoms with Gasteiger partial charge >= 0.3 is 6.03 Å². The Balaban J connectivity index is 1.74. The molecule has 120 valence electrons. The van der Waals surface area contributed by atoms with E-state index in [9.17, 15) is 9.59 Å². The molecule has 0 saturated heterocycles. The molecule has 0 saturated carbocycles. The summed E-state index contributed by atoms with van der Waals surface area (Å²) >= 11 is 6.00. The standard InChI is InChI=1S/C16H17ClN4O2/c1-11-12(17)5-4-6-13(11)20-15(22)8-10-19-16(23)21-14-7-2-3-9-18-14/h2-7,9H,8,10H2,1H3,(H,20,22)(H2,18,19,21,23). The number of carbonyl (C=O) groups excluding carboxylic acids is 2. The summed E-state index contributed by atoms with van der Waals surface area (Å²) in [6.45, 7) is 2.04. The molecule has 0 bridgehead atoms. The number of benzene rings is 1. The second-order valence-electron chi connectivity index (χ2n) is 4.81. The van der Waals surface area contributed by atoms with Crippen molar-refractivity contribution in [2.75, 3.05) is 17.2 Å². The summed E-state index contributed by atoms with van der Waals surface area (Å²) in [7, 11) is 0. The first-order chi connectivity index (χ1) is 11.1. The van der Waals surface area contributed by atoms with Gasteiger partial charge in [0.15, 0.2) is 0 Å². The molecule has 0 fully saturated rings. The lowest BCUT2D eigenvalue weighted by atomic mass is 10.2. The maximum absolute atomic E-state index is 11.9. The molecule has 2 aromatic rings. The minimum Gasteiger partial charge on any atom is -0.337 e. The van der Waals surface area contributed by atoms with E-state index < -0.39 is 6.03 Å². The van der Waals surface area contributed by atoms with Crippen LogP contribution in [0.15, 0.2) is 42.6 Å². The van der Waals surface area contributed by atoms with E-state index in [1.54, 1.807) is 42.6 Å². The molecule has 7 heteroatoms. The number of urea groups is 1. The Hall–Kier alpha value is -2.60. The van der Waals surface area contributed by atoms with Crippen LogP contribution in [0.5, 0.6) is 0 Å². The van der Waals surface area contributed by atoms with Crippen molar-refractivity contribution >= 4 is 35.0 Å². The lowest BCUT2D eigenvalue weighted by Gasteiger charge is -2.10. The fourth-order valence-electron chi connectivity index (χ4n) is 1.84. The molecule has 0 spiro atoms. The van der Waals surface area contributed by atoms with Gasteiger partial charge in [-0.3, -0.25) is 10.1 Å². The van der Waals surface area contributed by atoms with Crippen molar-refractivity contribution in [3.63, 3.8) is 0 Å². The number of rotatable bonds is 5. The van der Waals surface area contributed by atoms with Crippen molar-refractivity contribution < 1.29 is 9.59 Å². The highest BCUT2D eigenvalue weighted by molar-refractivity contribution is 6.31. The Morgan fingerprint density at radius 2 is 1.96 bits per heavy atom. The largest absolute Gasteiger partial charge is 0.337 e. The van der Waals surface area contributed by atoms with Crippen LogP contribution < -0.4 is 16.0 Å². The molecule has 0 aliphatic heterocycles. The van der Waals surface area contributed by atoms with Gasteiger partial charge in [-0.15, -0.1) is 0 Å². The second kappa shape index (κ2) is 8.14. The highest BCUT2D eigenvalue weighted by atomic mass is 35.5. The van der Waals surface area contributed by atoms with Gasteiger partial charge in [0, 0.05) is 29.9 Å². The second-order valence-corrected chi connectivity index (χ2v) is 5.21. The van der Waals surface area contributed by atoms with Crippen LogP contribution in [0.4, 0.5) is 16.3 Å². The smallest absolute Gasteiger partial charge is 0.320 e. The minimum absolute atomic E-state index is 0.154. The molecule has 3 N–H and O–H groups in total. The molecule has 0 radical (unpaired) electrons. The Bertz CT molecular complexity index is 692. The number of nitrogens with zero attached hydrogens (tertiary/aromatic N) is 1. The van der Waals surface area contributed by atoms with Gasteiger partial charge in [-0.05, 0) is 36.8 Å². The Kier molecular flexibility index (Phi) is 5.94. The van der Waals surface area contributed by atoms with Crippen LogP contribution in [0.25, 0.3) is 0 Å². The number of pyridine rings is 1. The van der Waals surface area contributed by atoms with Crippen molar-refractivity contribution in [2.45, 2.75) is 13.3 Å². The van der Waals surface area contributed by atoms with Gasteiger partial charge < -0.3 is 10.6 Å². The van der Waals surface area contributed by atoms with Gasteiger partial charge in [0.1, 0.15) is 5.82 Å². The molecule has 3 amide bonds. The summed E-state index contributed by atoms with van der Waals surface area (Å²) in [4.78, 5) is 27.5. The van der Waals surface area contributed by atoms with Crippen LogP contribution in [0.3, 0.4) is 0 Å². The fourth-order valence-corrected chi connectivity index (χ4v) is 2.02. The van der Waals surface area contributed by atoms with Crippen molar-refractivity contribution in [1.82, 2.24) is 10.3 Å². The first-order valence-electron chi connectivity index (χ1n) is 7.07. The van der Waals surface area contributed by atoms with Gasteiger partial charge in [0.2, 0.25) is 5.91 Å². The Labute approximate surface area is 139 Å². The van der Waals surface area contributed by atoms with Crippen LogP contribution in [0.1, 0.15) is 12.0 Å². The number of amides is 3. The number of anilines is 2. The maximum Gasteiger partial charge on any atom is 0.320 e. The zero-order valence-electron chi connectivity index (χ0n) is 12.6. The number of hydrogen-bond acceptors (Lipinski definition) is 3. The molecule has 0 unspecified atom stereocenters. The third kappa shape index (κ3) is 5.27. The Morgan fingerprint density at radius 1 is 1.13 bits per heavy atom. The molecule has 0 aliphatic carbocycles. The van der Waals surface area contributed by atoms with E-state index >= 15 is 0 Å². The van der Waals surface area contributed by atoms with Crippen molar-refractivity contribution in [3.8, 4) is 0 Å². The third-order valence-corrected chi connectivity index (χ3v) is 3.50. The highest BCUT2D eigenvalue weighted by Crippen LogP contribution is 2.22. The fraction of sp³-hybridized carbons (Fsp3) is 0.188. The summed E-state index contributed by atoms with van der Waals surface area (Å²) in [6, 6.07) is 10.1. The van der Waals surface area contributed by atoms with Gasteiger partial charge in [0.25, 0.3) is 0 Å². The zero-order chi connectivity index (χ0) is 16.7. The molecule has 23 heavy (non-hydrogen) atoms. The molecule has 0 aliphatic rings. The van der Waals surface area contributed by atoms with Crippen molar-refractivity contribution in [1.29, 1.82) is 0 Å². The van der Waals surface area contributed by atoms with Crippen molar-refractivity contribution in [2.24, 2.45) is 0 Å². The van der Waals surface area contributed by atoms with Crippen LogP contribution in [-0.4, -0.2) is 23.5 Å². The summed E-state index contributed by atoms with van der Waals surface area (Å²) < 4.78 is 0. The average Bonchev–Trinajstić information content (AvgIpc) is 2.53. The third-order valence-electron chi connectivity index (χ3n) is 3.09. The van der Waals surface area contributed by atoms with Gasteiger partial charge in [0.05, 0.1) is 0 Å². The first-order valence-corrected chi connectivity index (χ1v) is 7.45. The summed E-state index contributed by atoms with van der Waals surface area (Å²) in [5.74, 6) is 0.248. The van der Waals surface area contributed by atoms with Crippen LogP contribution in [0, 0.1) is 6.92 Å². The molecule has 2 rings (SSSR count). The molecule has 1 aromatic carbocycles. The van der Waals surface area contributed by atoms with Gasteiger partial charge in [-0.25, -0.2) is 9.78 Å².